The van der Waals surface area contributed by atoms with Gasteiger partial charge >= 0.3 is 0 Å². The second kappa shape index (κ2) is 7.66. The summed E-state index contributed by atoms with van der Waals surface area (Å²) in [6.45, 7) is 1.49. The number of nitrogens with one attached hydrogen (secondary N) is 1. The van der Waals surface area contributed by atoms with Gasteiger partial charge in [-0.25, -0.2) is 4.98 Å². The Labute approximate surface area is 171 Å². The van der Waals surface area contributed by atoms with Gasteiger partial charge < -0.3 is 14.8 Å². The highest BCUT2D eigenvalue weighted by Crippen LogP contribution is 2.26. The monoisotopic (exact) mass is 414 g/mol. The molecule has 1 N–H and O–H groups in total. The van der Waals surface area contributed by atoms with Crippen molar-refractivity contribution in [3.05, 3.63) is 81.9 Å². The zero-order chi connectivity index (χ0) is 19.7. The van der Waals surface area contributed by atoms with Crippen molar-refractivity contribution < 1.29 is 9.59 Å². The molecule has 0 spiro atoms. The van der Waals surface area contributed by atoms with Crippen LogP contribution in [-0.2, 0) is 13.1 Å². The SMILES string of the molecule is O=C(Nc1ccc(Cl)cc1Cl)c1cn2c(n1)CN(C(=O)c1ccccc1)CC2. The van der Waals surface area contributed by atoms with E-state index in [9.17, 15) is 9.59 Å². The highest BCUT2D eigenvalue weighted by Gasteiger charge is 2.25. The maximum absolute atomic E-state index is 12.6. The van der Waals surface area contributed by atoms with Gasteiger partial charge in [-0.2, -0.15) is 0 Å². The lowest BCUT2D eigenvalue weighted by Gasteiger charge is -2.27. The first-order valence-corrected chi connectivity index (χ1v) is 9.43. The molecular weight excluding hydrogens is 399 g/mol. The standard InChI is InChI=1S/C20H16Cl2N4O2/c21-14-6-7-16(15(22)10-14)24-19(27)17-11-25-8-9-26(12-18(25)23-17)20(28)13-4-2-1-3-5-13/h1-7,10-11H,8-9,12H2,(H,24,27). The van der Waals surface area contributed by atoms with E-state index in [0.29, 0.717) is 46.8 Å². The molecule has 1 aliphatic heterocycles. The summed E-state index contributed by atoms with van der Waals surface area (Å²) >= 11 is 12.0. The van der Waals surface area contributed by atoms with E-state index >= 15 is 0 Å². The first-order valence-electron chi connectivity index (χ1n) is 8.68. The van der Waals surface area contributed by atoms with Crippen molar-refractivity contribution in [1.82, 2.24) is 14.5 Å². The van der Waals surface area contributed by atoms with E-state index in [1.165, 1.54) is 0 Å². The van der Waals surface area contributed by atoms with Crippen LogP contribution in [0.2, 0.25) is 10.0 Å². The Morgan fingerprint density at radius 1 is 1.04 bits per heavy atom. The summed E-state index contributed by atoms with van der Waals surface area (Å²) in [5.41, 5.74) is 1.37. The molecule has 0 fully saturated rings. The van der Waals surface area contributed by atoms with Crippen LogP contribution in [0.15, 0.2) is 54.7 Å². The van der Waals surface area contributed by atoms with Crippen LogP contribution in [0.5, 0.6) is 0 Å². The molecule has 2 heterocycles. The van der Waals surface area contributed by atoms with E-state index in [2.05, 4.69) is 10.3 Å². The predicted molar refractivity (Wildman–Crippen MR) is 108 cm³/mol. The molecule has 0 atom stereocenters. The minimum Gasteiger partial charge on any atom is -0.331 e. The van der Waals surface area contributed by atoms with Crippen LogP contribution in [0.25, 0.3) is 0 Å². The minimum atomic E-state index is -0.368. The molecule has 142 valence electrons. The molecule has 3 aromatic rings. The highest BCUT2D eigenvalue weighted by molar-refractivity contribution is 6.36. The number of halogens is 2. The number of nitrogens with zero attached hydrogens (tertiary/aromatic N) is 3. The van der Waals surface area contributed by atoms with Gasteiger partial charge in [0.25, 0.3) is 11.8 Å². The van der Waals surface area contributed by atoms with Crippen molar-refractivity contribution in [3.63, 3.8) is 0 Å². The summed E-state index contributed by atoms with van der Waals surface area (Å²) in [5.74, 6) is 0.253. The number of rotatable bonds is 3. The van der Waals surface area contributed by atoms with E-state index in [-0.39, 0.29) is 17.5 Å². The Bertz CT molecular complexity index is 1050. The van der Waals surface area contributed by atoms with Crippen LogP contribution in [0.1, 0.15) is 26.7 Å². The summed E-state index contributed by atoms with van der Waals surface area (Å²) in [6.07, 6.45) is 1.69. The van der Waals surface area contributed by atoms with Crippen LogP contribution in [0.4, 0.5) is 5.69 Å². The molecule has 1 aromatic heterocycles. The third-order valence-electron chi connectivity index (χ3n) is 4.52. The summed E-state index contributed by atoms with van der Waals surface area (Å²) in [4.78, 5) is 31.3. The van der Waals surface area contributed by atoms with E-state index in [1.807, 2.05) is 22.8 Å². The first kappa shape index (κ1) is 18.5. The molecule has 0 saturated heterocycles. The summed E-state index contributed by atoms with van der Waals surface area (Å²) in [5, 5.41) is 3.58. The number of aromatic nitrogens is 2. The number of imidazole rings is 1. The second-order valence-electron chi connectivity index (χ2n) is 6.41. The smallest absolute Gasteiger partial charge is 0.275 e. The highest BCUT2D eigenvalue weighted by atomic mass is 35.5. The van der Waals surface area contributed by atoms with Crippen molar-refractivity contribution in [3.8, 4) is 0 Å². The van der Waals surface area contributed by atoms with Gasteiger partial charge in [0.15, 0.2) is 0 Å². The lowest BCUT2D eigenvalue weighted by Crippen LogP contribution is -2.38. The molecule has 8 heteroatoms. The van der Waals surface area contributed by atoms with Crippen molar-refractivity contribution in [2.75, 3.05) is 11.9 Å². The number of carbonyl (C=O) groups excluding carboxylic acids is 2. The molecule has 0 aliphatic carbocycles. The number of anilines is 1. The fraction of sp³-hybridized carbons (Fsp3) is 0.150. The Hall–Kier alpha value is -2.83. The van der Waals surface area contributed by atoms with Crippen molar-refractivity contribution >= 4 is 40.7 Å². The number of hydrogen-bond acceptors (Lipinski definition) is 3. The minimum absolute atomic E-state index is 0.0474. The molecule has 2 amide bonds. The fourth-order valence-electron chi connectivity index (χ4n) is 3.08. The van der Waals surface area contributed by atoms with Gasteiger partial charge in [0.2, 0.25) is 0 Å². The number of hydrogen-bond donors (Lipinski definition) is 1. The quantitative estimate of drug-likeness (QED) is 0.701. The molecule has 1 aliphatic rings. The van der Waals surface area contributed by atoms with E-state index in [4.69, 9.17) is 23.2 Å². The molecule has 4 rings (SSSR count). The summed E-state index contributed by atoms with van der Waals surface area (Å²) < 4.78 is 1.90. The largest absolute Gasteiger partial charge is 0.331 e. The topological polar surface area (TPSA) is 67.2 Å². The molecule has 28 heavy (non-hydrogen) atoms. The maximum Gasteiger partial charge on any atom is 0.275 e. The van der Waals surface area contributed by atoms with Crippen molar-refractivity contribution in [2.45, 2.75) is 13.1 Å². The van der Waals surface area contributed by atoms with E-state index < -0.39 is 0 Å². The van der Waals surface area contributed by atoms with Crippen LogP contribution in [0.3, 0.4) is 0 Å². The Balaban J connectivity index is 1.49. The van der Waals surface area contributed by atoms with Gasteiger partial charge in [0, 0.05) is 29.9 Å². The van der Waals surface area contributed by atoms with Crippen molar-refractivity contribution in [1.29, 1.82) is 0 Å². The predicted octanol–water partition coefficient (Wildman–Crippen LogP) is 4.10. The number of carbonyl (C=O) groups is 2. The van der Waals surface area contributed by atoms with Crippen molar-refractivity contribution in [2.24, 2.45) is 0 Å². The van der Waals surface area contributed by atoms with E-state index in [1.54, 1.807) is 41.4 Å². The summed E-state index contributed by atoms with van der Waals surface area (Å²) in [6, 6.07) is 14.0. The third kappa shape index (κ3) is 3.74. The number of benzene rings is 2. The van der Waals surface area contributed by atoms with Gasteiger partial charge in [-0.3, -0.25) is 9.59 Å². The van der Waals surface area contributed by atoms with Gasteiger partial charge in [0.1, 0.15) is 11.5 Å². The molecule has 0 bridgehead atoms. The van der Waals surface area contributed by atoms with E-state index in [0.717, 1.165) is 0 Å². The normalized spacial score (nSPS) is 13.1. The molecule has 2 aromatic carbocycles. The second-order valence-corrected chi connectivity index (χ2v) is 7.25. The third-order valence-corrected chi connectivity index (χ3v) is 5.07. The first-order chi connectivity index (χ1) is 13.5. The van der Waals surface area contributed by atoms with Gasteiger partial charge in [-0.1, -0.05) is 41.4 Å². The van der Waals surface area contributed by atoms with Crippen LogP contribution in [-0.4, -0.2) is 32.8 Å². The average molecular weight is 415 g/mol. The Morgan fingerprint density at radius 2 is 1.82 bits per heavy atom. The van der Waals surface area contributed by atoms with Gasteiger partial charge in [-0.15, -0.1) is 0 Å². The zero-order valence-electron chi connectivity index (χ0n) is 14.7. The molecule has 0 unspecified atom stereocenters. The van der Waals surface area contributed by atoms with Crippen LogP contribution >= 0.6 is 23.2 Å². The zero-order valence-corrected chi connectivity index (χ0v) is 16.2. The molecule has 0 radical (unpaired) electrons. The fourth-order valence-corrected chi connectivity index (χ4v) is 3.53. The lowest BCUT2D eigenvalue weighted by atomic mass is 10.2. The van der Waals surface area contributed by atoms with Gasteiger partial charge in [0.05, 0.1) is 17.3 Å². The average Bonchev–Trinajstić information content (AvgIpc) is 3.13. The Kier molecular flexibility index (Phi) is 5.07. The number of fused-ring (bicyclic) bond motifs is 1. The maximum atomic E-state index is 12.6. The Morgan fingerprint density at radius 3 is 2.57 bits per heavy atom. The lowest BCUT2D eigenvalue weighted by molar-refractivity contribution is 0.0707. The molecule has 0 saturated carbocycles. The molecule has 6 nitrogen and oxygen atoms in total. The van der Waals surface area contributed by atoms with Crippen LogP contribution in [0, 0.1) is 0 Å². The molecular formula is C20H16Cl2N4O2. The van der Waals surface area contributed by atoms with Gasteiger partial charge in [-0.05, 0) is 30.3 Å². The van der Waals surface area contributed by atoms with Crippen LogP contribution < -0.4 is 5.32 Å². The summed E-state index contributed by atoms with van der Waals surface area (Å²) in [7, 11) is 0. The number of amides is 2.